The summed E-state index contributed by atoms with van der Waals surface area (Å²) < 4.78 is 6.68. The molecular formula is C21H20N2O3. The molecule has 3 aromatic rings. The number of fused-ring (bicyclic) bond motifs is 2. The number of anilines is 1. The molecule has 0 saturated heterocycles. The van der Waals surface area contributed by atoms with Crippen molar-refractivity contribution < 1.29 is 14.3 Å². The second kappa shape index (κ2) is 6.67. The number of ether oxygens (including phenoxy) is 1. The normalized spacial score (nSPS) is 13.5. The Morgan fingerprint density at radius 3 is 2.81 bits per heavy atom. The van der Waals surface area contributed by atoms with Gasteiger partial charge >= 0.3 is 5.97 Å². The Balaban J connectivity index is 1.63. The number of hydrogen-bond donors (Lipinski definition) is 0. The quantitative estimate of drug-likeness (QED) is 0.682. The summed E-state index contributed by atoms with van der Waals surface area (Å²) in [6, 6.07) is 15.4. The summed E-state index contributed by atoms with van der Waals surface area (Å²) in [5.41, 5.74) is 3.56. The average Bonchev–Trinajstić information content (AvgIpc) is 3.08. The molecule has 5 heteroatoms. The number of amides is 1. The average molecular weight is 348 g/mol. The first-order valence-corrected chi connectivity index (χ1v) is 8.73. The van der Waals surface area contributed by atoms with Crippen molar-refractivity contribution in [3.8, 4) is 0 Å². The fourth-order valence-corrected chi connectivity index (χ4v) is 3.59. The third-order valence-corrected chi connectivity index (χ3v) is 4.91. The lowest BCUT2D eigenvalue weighted by molar-refractivity contribution is -0.119. The highest BCUT2D eigenvalue weighted by Gasteiger charge is 2.22. The number of methoxy groups -OCH3 is 1. The molecule has 0 atom stereocenters. The summed E-state index contributed by atoms with van der Waals surface area (Å²) in [6.07, 6.45) is 3.87. The van der Waals surface area contributed by atoms with E-state index in [1.54, 1.807) is 12.1 Å². The number of para-hydroxylation sites is 1. The first kappa shape index (κ1) is 16.4. The lowest BCUT2D eigenvalue weighted by Crippen LogP contribution is -2.37. The molecule has 0 N–H and O–H groups in total. The Labute approximate surface area is 151 Å². The van der Waals surface area contributed by atoms with E-state index in [-0.39, 0.29) is 18.4 Å². The fourth-order valence-electron chi connectivity index (χ4n) is 3.59. The van der Waals surface area contributed by atoms with Gasteiger partial charge in [0.1, 0.15) is 6.54 Å². The standard InChI is InChI=1S/C21H20N2O3/c1-26-21(25)17-9-8-16-10-12-22(19(16)13-17)14-20(24)23-11-4-6-15-5-2-3-7-18(15)23/h2-3,5,7-10,12-13H,4,6,11,14H2,1H3. The van der Waals surface area contributed by atoms with E-state index in [0.717, 1.165) is 36.0 Å². The number of rotatable bonds is 3. The van der Waals surface area contributed by atoms with Crippen LogP contribution in [-0.2, 0) is 22.5 Å². The van der Waals surface area contributed by atoms with Gasteiger partial charge < -0.3 is 14.2 Å². The summed E-state index contributed by atoms with van der Waals surface area (Å²) in [4.78, 5) is 26.6. The minimum absolute atomic E-state index is 0.0538. The molecule has 2 heterocycles. The van der Waals surface area contributed by atoms with E-state index in [1.807, 2.05) is 46.0 Å². The van der Waals surface area contributed by atoms with E-state index in [0.29, 0.717) is 5.56 Å². The minimum Gasteiger partial charge on any atom is -0.465 e. The number of benzene rings is 2. The molecule has 132 valence electrons. The summed E-state index contributed by atoms with van der Waals surface area (Å²) in [5, 5.41) is 0.990. The van der Waals surface area contributed by atoms with Crippen molar-refractivity contribution >= 4 is 28.5 Å². The van der Waals surface area contributed by atoms with Gasteiger partial charge in [0.15, 0.2) is 0 Å². The molecule has 4 rings (SSSR count). The zero-order valence-electron chi connectivity index (χ0n) is 14.6. The molecule has 0 bridgehead atoms. The van der Waals surface area contributed by atoms with E-state index < -0.39 is 0 Å². The van der Waals surface area contributed by atoms with Gasteiger partial charge in [-0.15, -0.1) is 0 Å². The van der Waals surface area contributed by atoms with Crippen LogP contribution < -0.4 is 4.90 Å². The third-order valence-electron chi connectivity index (χ3n) is 4.91. The van der Waals surface area contributed by atoms with Crippen molar-refractivity contribution in [2.24, 2.45) is 0 Å². The van der Waals surface area contributed by atoms with E-state index in [1.165, 1.54) is 12.7 Å². The maximum Gasteiger partial charge on any atom is 0.337 e. The van der Waals surface area contributed by atoms with Crippen LogP contribution in [0.25, 0.3) is 10.9 Å². The van der Waals surface area contributed by atoms with Crippen LogP contribution >= 0.6 is 0 Å². The number of carbonyl (C=O) groups excluding carboxylic acids is 2. The van der Waals surface area contributed by atoms with Gasteiger partial charge in [-0.2, -0.15) is 0 Å². The maximum absolute atomic E-state index is 13.0. The zero-order chi connectivity index (χ0) is 18.1. The molecule has 1 aromatic heterocycles. The minimum atomic E-state index is -0.379. The highest BCUT2D eigenvalue weighted by molar-refractivity contribution is 5.97. The van der Waals surface area contributed by atoms with Crippen molar-refractivity contribution in [3.05, 3.63) is 65.9 Å². The Kier molecular flexibility index (Phi) is 4.21. The zero-order valence-corrected chi connectivity index (χ0v) is 14.6. The van der Waals surface area contributed by atoms with Crippen LogP contribution in [0.4, 0.5) is 5.69 Å². The largest absolute Gasteiger partial charge is 0.465 e. The lowest BCUT2D eigenvalue weighted by atomic mass is 10.0. The van der Waals surface area contributed by atoms with Crippen molar-refractivity contribution in [2.45, 2.75) is 19.4 Å². The van der Waals surface area contributed by atoms with Gasteiger partial charge in [-0.25, -0.2) is 4.79 Å². The van der Waals surface area contributed by atoms with Crippen molar-refractivity contribution in [1.82, 2.24) is 4.57 Å². The van der Waals surface area contributed by atoms with Crippen LogP contribution in [-0.4, -0.2) is 30.1 Å². The predicted octanol–water partition coefficient (Wildman–Crippen LogP) is 3.41. The number of carbonyl (C=O) groups is 2. The van der Waals surface area contributed by atoms with Crippen molar-refractivity contribution in [2.75, 3.05) is 18.6 Å². The van der Waals surface area contributed by atoms with Gasteiger partial charge in [0.25, 0.3) is 0 Å². The van der Waals surface area contributed by atoms with E-state index in [4.69, 9.17) is 4.74 Å². The van der Waals surface area contributed by atoms with Crippen LogP contribution in [0.5, 0.6) is 0 Å². The molecule has 1 amide bonds. The van der Waals surface area contributed by atoms with Gasteiger partial charge in [0.05, 0.1) is 12.7 Å². The Bertz CT molecular complexity index is 990. The van der Waals surface area contributed by atoms with Crippen LogP contribution in [0.3, 0.4) is 0 Å². The summed E-state index contributed by atoms with van der Waals surface area (Å²) in [6.45, 7) is 0.977. The predicted molar refractivity (Wildman–Crippen MR) is 100 cm³/mol. The summed E-state index contributed by atoms with van der Waals surface area (Å²) >= 11 is 0. The second-order valence-electron chi connectivity index (χ2n) is 6.49. The van der Waals surface area contributed by atoms with Crippen LogP contribution in [0.2, 0.25) is 0 Å². The van der Waals surface area contributed by atoms with Gasteiger partial charge in [0.2, 0.25) is 5.91 Å². The Hall–Kier alpha value is -3.08. The summed E-state index contributed by atoms with van der Waals surface area (Å²) in [5.74, 6) is -0.325. The molecule has 2 aromatic carbocycles. The van der Waals surface area contributed by atoms with Crippen LogP contribution in [0.15, 0.2) is 54.7 Å². The highest BCUT2D eigenvalue weighted by Crippen LogP contribution is 2.27. The molecule has 0 aliphatic carbocycles. The monoisotopic (exact) mass is 348 g/mol. The number of aromatic nitrogens is 1. The molecule has 5 nitrogen and oxygen atoms in total. The molecule has 0 saturated carbocycles. The van der Waals surface area contributed by atoms with E-state index >= 15 is 0 Å². The van der Waals surface area contributed by atoms with E-state index in [2.05, 4.69) is 6.07 Å². The maximum atomic E-state index is 13.0. The van der Waals surface area contributed by atoms with Gasteiger partial charge in [-0.1, -0.05) is 24.3 Å². The highest BCUT2D eigenvalue weighted by atomic mass is 16.5. The topological polar surface area (TPSA) is 51.5 Å². The molecule has 1 aliphatic rings. The number of nitrogens with zero attached hydrogens (tertiary/aromatic N) is 2. The number of esters is 1. The van der Waals surface area contributed by atoms with Crippen LogP contribution in [0.1, 0.15) is 22.3 Å². The van der Waals surface area contributed by atoms with Crippen molar-refractivity contribution in [3.63, 3.8) is 0 Å². The first-order valence-electron chi connectivity index (χ1n) is 8.73. The molecule has 26 heavy (non-hydrogen) atoms. The van der Waals surface area contributed by atoms with Gasteiger partial charge in [0, 0.05) is 23.9 Å². The molecule has 0 spiro atoms. The molecule has 1 aliphatic heterocycles. The SMILES string of the molecule is COC(=O)c1ccc2ccn(CC(=O)N3CCCc4ccccc43)c2c1. The van der Waals surface area contributed by atoms with Gasteiger partial charge in [-0.3, -0.25) is 4.79 Å². The molecular weight excluding hydrogens is 328 g/mol. The third kappa shape index (κ3) is 2.86. The number of hydrogen-bond acceptors (Lipinski definition) is 3. The van der Waals surface area contributed by atoms with E-state index in [9.17, 15) is 9.59 Å². The number of aryl methyl sites for hydroxylation is 1. The van der Waals surface area contributed by atoms with Gasteiger partial charge in [-0.05, 0) is 48.1 Å². The molecule has 0 fully saturated rings. The Morgan fingerprint density at radius 2 is 1.96 bits per heavy atom. The molecule has 0 unspecified atom stereocenters. The first-order chi connectivity index (χ1) is 12.7. The van der Waals surface area contributed by atoms with Crippen LogP contribution in [0, 0.1) is 0 Å². The smallest absolute Gasteiger partial charge is 0.337 e. The Morgan fingerprint density at radius 1 is 1.12 bits per heavy atom. The fraction of sp³-hybridized carbons (Fsp3) is 0.238. The second-order valence-corrected chi connectivity index (χ2v) is 6.49. The molecule has 0 radical (unpaired) electrons. The van der Waals surface area contributed by atoms with Crippen molar-refractivity contribution in [1.29, 1.82) is 0 Å². The lowest BCUT2D eigenvalue weighted by Gasteiger charge is -2.29. The summed E-state index contributed by atoms with van der Waals surface area (Å²) in [7, 11) is 1.36.